The quantitative estimate of drug-likeness (QED) is 0.482. The van der Waals surface area contributed by atoms with Crippen LogP contribution in [0.5, 0.6) is 0 Å². The zero-order valence-corrected chi connectivity index (χ0v) is 20.0. The molecule has 2 aromatic rings. The van der Waals surface area contributed by atoms with Crippen molar-refractivity contribution in [1.82, 2.24) is 9.88 Å². The first-order valence-electron chi connectivity index (χ1n) is 11.5. The summed E-state index contributed by atoms with van der Waals surface area (Å²) in [5, 5.41) is 3.30. The van der Waals surface area contributed by atoms with Crippen LogP contribution in [0.4, 0.5) is 5.82 Å². The lowest BCUT2D eigenvalue weighted by Crippen LogP contribution is -2.40. The van der Waals surface area contributed by atoms with E-state index in [1.807, 2.05) is 60.6 Å². The molecule has 1 fully saturated rings. The van der Waals surface area contributed by atoms with Gasteiger partial charge in [0, 0.05) is 43.0 Å². The Morgan fingerprint density at radius 3 is 2.76 bits per heavy atom. The summed E-state index contributed by atoms with van der Waals surface area (Å²) in [5.74, 6) is 1.79. The van der Waals surface area contributed by atoms with Gasteiger partial charge in [0.25, 0.3) is 5.91 Å². The van der Waals surface area contributed by atoms with Crippen molar-refractivity contribution in [2.45, 2.75) is 20.3 Å². The number of carbonyl (C=O) groups excluding carboxylic acids is 1. The molecular formula is C28H31N3O3. The molecule has 0 aliphatic carbocycles. The molecule has 6 nitrogen and oxygen atoms in total. The van der Waals surface area contributed by atoms with Gasteiger partial charge >= 0.3 is 0 Å². The highest BCUT2D eigenvalue weighted by Crippen LogP contribution is 2.28. The number of ether oxygens (including phenoxy) is 2. The maximum absolute atomic E-state index is 12.9. The lowest BCUT2D eigenvalue weighted by molar-refractivity contribution is 0.0303. The largest absolute Gasteiger partial charge is 0.501 e. The molecule has 2 aliphatic rings. The summed E-state index contributed by atoms with van der Waals surface area (Å²) in [5.41, 5.74) is 6.11. The second kappa shape index (κ2) is 11.0. The van der Waals surface area contributed by atoms with Gasteiger partial charge in [-0.25, -0.2) is 4.98 Å². The smallest absolute Gasteiger partial charge is 0.254 e. The van der Waals surface area contributed by atoms with Gasteiger partial charge in [-0.1, -0.05) is 35.9 Å². The van der Waals surface area contributed by atoms with Crippen molar-refractivity contribution in [2.24, 2.45) is 0 Å². The first kappa shape index (κ1) is 23.5. The Labute approximate surface area is 201 Å². The average Bonchev–Trinajstić information content (AvgIpc) is 2.90. The maximum atomic E-state index is 12.9. The molecule has 0 bridgehead atoms. The van der Waals surface area contributed by atoms with Gasteiger partial charge in [0.15, 0.2) is 0 Å². The zero-order valence-electron chi connectivity index (χ0n) is 20.0. The van der Waals surface area contributed by atoms with Gasteiger partial charge in [0.2, 0.25) is 0 Å². The summed E-state index contributed by atoms with van der Waals surface area (Å²) in [6, 6.07) is 9.94. The molecule has 0 spiro atoms. The van der Waals surface area contributed by atoms with Crippen molar-refractivity contribution >= 4 is 11.7 Å². The molecule has 0 saturated carbocycles. The Bertz CT molecular complexity index is 1170. The number of fused-ring (bicyclic) bond motifs is 1. The molecular weight excluding hydrogens is 426 g/mol. The van der Waals surface area contributed by atoms with Crippen molar-refractivity contribution in [3.8, 4) is 11.1 Å². The number of morpholine rings is 1. The molecule has 3 heterocycles. The third-order valence-electron chi connectivity index (χ3n) is 5.96. The van der Waals surface area contributed by atoms with Gasteiger partial charge in [0.1, 0.15) is 5.82 Å². The van der Waals surface area contributed by atoms with Crippen LogP contribution in [-0.4, -0.2) is 49.2 Å². The van der Waals surface area contributed by atoms with Crippen LogP contribution in [0.2, 0.25) is 0 Å². The standard InChI is InChI=1S/C28H31N3O3/c1-20(7-9-21(2)33-3)8-10-22-15-25-17-26(19-30-27(25)29-18-22)23-5-4-6-24(16-23)28(32)31-11-13-34-14-12-31/h4-10,16-19H,11-15H2,1-3H3,(H,29,30)/b10-8+,20-7-,21-9+. The van der Waals surface area contributed by atoms with Crippen LogP contribution in [0.25, 0.3) is 11.1 Å². The van der Waals surface area contributed by atoms with Crippen molar-refractivity contribution in [3.63, 3.8) is 0 Å². The number of aromatic nitrogens is 1. The number of amides is 1. The normalized spacial score (nSPS) is 16.7. The lowest BCUT2D eigenvalue weighted by Gasteiger charge is -2.27. The number of nitrogens with one attached hydrogen (secondary N) is 1. The van der Waals surface area contributed by atoms with Crippen LogP contribution >= 0.6 is 0 Å². The SMILES string of the molecule is CO/C(C)=C/C=C(C)\C=C\C1=CNc2ncc(-c3cccc(C(=O)N4CCOCC4)c3)cc2C1. The van der Waals surface area contributed by atoms with E-state index in [9.17, 15) is 4.79 Å². The topological polar surface area (TPSA) is 63.7 Å². The van der Waals surface area contributed by atoms with E-state index in [-0.39, 0.29) is 5.91 Å². The van der Waals surface area contributed by atoms with Crippen LogP contribution in [0.3, 0.4) is 0 Å². The fraction of sp³-hybridized carbons (Fsp3) is 0.286. The number of anilines is 1. The fourth-order valence-electron chi connectivity index (χ4n) is 3.86. The predicted molar refractivity (Wildman–Crippen MR) is 135 cm³/mol. The van der Waals surface area contributed by atoms with E-state index >= 15 is 0 Å². The number of allylic oxidation sites excluding steroid dienone is 7. The molecule has 176 valence electrons. The highest BCUT2D eigenvalue weighted by molar-refractivity contribution is 5.95. The Kier molecular flexibility index (Phi) is 7.60. The third-order valence-corrected chi connectivity index (χ3v) is 5.96. The van der Waals surface area contributed by atoms with Crippen LogP contribution in [0, 0.1) is 0 Å². The Morgan fingerprint density at radius 2 is 1.97 bits per heavy atom. The van der Waals surface area contributed by atoms with Gasteiger partial charge in [0.05, 0.1) is 26.1 Å². The van der Waals surface area contributed by atoms with E-state index in [2.05, 4.69) is 35.4 Å². The molecule has 4 rings (SSSR count). The Hall–Kier alpha value is -3.64. The number of hydrogen-bond acceptors (Lipinski definition) is 5. The van der Waals surface area contributed by atoms with Gasteiger partial charge in [-0.2, -0.15) is 0 Å². The van der Waals surface area contributed by atoms with Crippen molar-refractivity contribution < 1.29 is 14.3 Å². The van der Waals surface area contributed by atoms with Crippen molar-refractivity contribution in [2.75, 3.05) is 38.7 Å². The number of carbonyl (C=O) groups is 1. The summed E-state index contributed by atoms with van der Waals surface area (Å²) in [7, 11) is 1.67. The van der Waals surface area contributed by atoms with E-state index in [4.69, 9.17) is 9.47 Å². The monoisotopic (exact) mass is 457 g/mol. The van der Waals surface area contributed by atoms with Gasteiger partial charge < -0.3 is 19.7 Å². The van der Waals surface area contributed by atoms with E-state index < -0.39 is 0 Å². The molecule has 1 saturated heterocycles. The highest BCUT2D eigenvalue weighted by atomic mass is 16.5. The van der Waals surface area contributed by atoms with E-state index in [0.29, 0.717) is 31.9 Å². The molecule has 1 aromatic heterocycles. The van der Waals surface area contributed by atoms with E-state index in [0.717, 1.165) is 40.3 Å². The van der Waals surface area contributed by atoms with E-state index in [1.54, 1.807) is 7.11 Å². The number of nitrogens with zero attached hydrogens (tertiary/aromatic N) is 2. The summed E-state index contributed by atoms with van der Waals surface area (Å²) in [4.78, 5) is 19.4. The van der Waals surface area contributed by atoms with Crippen molar-refractivity contribution in [1.29, 1.82) is 0 Å². The molecule has 0 radical (unpaired) electrons. The summed E-state index contributed by atoms with van der Waals surface area (Å²) in [6.07, 6.45) is 12.8. The first-order chi connectivity index (χ1) is 16.5. The Morgan fingerprint density at radius 1 is 1.15 bits per heavy atom. The van der Waals surface area contributed by atoms with Crippen LogP contribution in [-0.2, 0) is 15.9 Å². The summed E-state index contributed by atoms with van der Waals surface area (Å²) < 4.78 is 10.5. The minimum absolute atomic E-state index is 0.0482. The average molecular weight is 458 g/mol. The van der Waals surface area contributed by atoms with Gasteiger partial charge in [-0.05, 0) is 54.8 Å². The molecule has 0 unspecified atom stereocenters. The second-order valence-electron chi connectivity index (χ2n) is 8.48. The third kappa shape index (κ3) is 5.83. The second-order valence-corrected chi connectivity index (χ2v) is 8.48. The van der Waals surface area contributed by atoms with Crippen LogP contribution in [0.1, 0.15) is 29.8 Å². The Balaban J connectivity index is 1.49. The molecule has 34 heavy (non-hydrogen) atoms. The number of rotatable bonds is 6. The highest BCUT2D eigenvalue weighted by Gasteiger charge is 2.19. The summed E-state index contributed by atoms with van der Waals surface area (Å²) in [6.45, 7) is 6.44. The lowest BCUT2D eigenvalue weighted by atomic mass is 9.98. The molecule has 2 aliphatic heterocycles. The number of methoxy groups -OCH3 is 1. The number of benzene rings is 1. The van der Waals surface area contributed by atoms with Crippen LogP contribution < -0.4 is 5.32 Å². The minimum atomic E-state index is 0.0482. The predicted octanol–water partition coefficient (Wildman–Crippen LogP) is 5.13. The van der Waals surface area contributed by atoms with E-state index in [1.165, 1.54) is 5.57 Å². The fourth-order valence-corrected chi connectivity index (χ4v) is 3.86. The van der Waals surface area contributed by atoms with Gasteiger partial charge in [-0.15, -0.1) is 0 Å². The minimum Gasteiger partial charge on any atom is -0.501 e. The molecule has 6 heteroatoms. The zero-order chi connectivity index (χ0) is 23.9. The molecule has 1 amide bonds. The number of hydrogen-bond donors (Lipinski definition) is 1. The molecule has 1 N–H and O–H groups in total. The number of pyridine rings is 1. The molecule has 0 atom stereocenters. The maximum Gasteiger partial charge on any atom is 0.254 e. The summed E-state index contributed by atoms with van der Waals surface area (Å²) >= 11 is 0. The molecule has 1 aromatic carbocycles. The van der Waals surface area contributed by atoms with Crippen LogP contribution in [0.15, 0.2) is 83.9 Å². The first-order valence-corrected chi connectivity index (χ1v) is 11.5. The van der Waals surface area contributed by atoms with Gasteiger partial charge in [-0.3, -0.25) is 4.79 Å². The van der Waals surface area contributed by atoms with Crippen molar-refractivity contribution in [3.05, 3.63) is 95.1 Å².